The van der Waals surface area contributed by atoms with Crippen LogP contribution in [-0.4, -0.2) is 44.3 Å². The number of nitrogens with zero attached hydrogens (tertiary/aromatic N) is 1. The number of carbonyl (C=O) groups excluding carboxylic acids is 3. The standard InChI is InChI=1S/C28H27N3O6/c1-3-36-23-13-11-22(12-14-23)28(34)29-19-26(32)31-30-18-21-9-15-24(25(17-21)35-2)37-27(33)16-10-20-7-5-4-6-8-20/h4-18H,3,19H2,1-2H3,(H,29,34)(H,31,32)/b16-10+,30-18-. The zero-order valence-electron chi connectivity index (χ0n) is 20.5. The average molecular weight is 502 g/mol. The first-order chi connectivity index (χ1) is 18.0. The van der Waals surface area contributed by atoms with Crippen LogP contribution in [0.5, 0.6) is 17.2 Å². The highest BCUT2D eigenvalue weighted by Gasteiger charge is 2.10. The molecule has 0 aliphatic rings. The van der Waals surface area contributed by atoms with E-state index in [0.29, 0.717) is 29.2 Å². The monoisotopic (exact) mass is 501 g/mol. The van der Waals surface area contributed by atoms with Gasteiger partial charge in [-0.05, 0) is 66.6 Å². The van der Waals surface area contributed by atoms with Crippen LogP contribution in [-0.2, 0) is 9.59 Å². The zero-order valence-corrected chi connectivity index (χ0v) is 20.5. The molecular weight excluding hydrogens is 474 g/mol. The third kappa shape index (κ3) is 8.66. The van der Waals surface area contributed by atoms with Gasteiger partial charge in [-0.3, -0.25) is 9.59 Å². The van der Waals surface area contributed by atoms with E-state index in [4.69, 9.17) is 14.2 Å². The number of hydrogen-bond donors (Lipinski definition) is 2. The summed E-state index contributed by atoms with van der Waals surface area (Å²) >= 11 is 0. The molecule has 3 aromatic carbocycles. The van der Waals surface area contributed by atoms with Gasteiger partial charge in [0.1, 0.15) is 5.75 Å². The first-order valence-electron chi connectivity index (χ1n) is 11.4. The van der Waals surface area contributed by atoms with Gasteiger partial charge in [-0.25, -0.2) is 10.2 Å². The van der Waals surface area contributed by atoms with E-state index in [0.717, 1.165) is 5.56 Å². The van der Waals surface area contributed by atoms with Gasteiger partial charge in [-0.15, -0.1) is 0 Å². The first-order valence-corrected chi connectivity index (χ1v) is 11.4. The van der Waals surface area contributed by atoms with Gasteiger partial charge in [-0.1, -0.05) is 30.3 Å². The third-order valence-electron chi connectivity index (χ3n) is 4.85. The molecule has 190 valence electrons. The summed E-state index contributed by atoms with van der Waals surface area (Å²) in [5, 5.41) is 6.41. The van der Waals surface area contributed by atoms with Crippen molar-refractivity contribution in [2.45, 2.75) is 6.92 Å². The minimum Gasteiger partial charge on any atom is -0.494 e. The fraction of sp³-hybridized carbons (Fsp3) is 0.143. The Morgan fingerprint density at radius 1 is 0.919 bits per heavy atom. The maximum Gasteiger partial charge on any atom is 0.336 e. The van der Waals surface area contributed by atoms with Crippen molar-refractivity contribution >= 4 is 30.1 Å². The van der Waals surface area contributed by atoms with Crippen LogP contribution in [0.15, 0.2) is 84.0 Å². The van der Waals surface area contributed by atoms with E-state index in [1.165, 1.54) is 19.4 Å². The van der Waals surface area contributed by atoms with Crippen LogP contribution < -0.4 is 25.0 Å². The fourth-order valence-corrected chi connectivity index (χ4v) is 3.07. The summed E-state index contributed by atoms with van der Waals surface area (Å²) in [5.41, 5.74) is 4.21. The molecule has 0 saturated carbocycles. The molecule has 2 amide bonds. The Morgan fingerprint density at radius 3 is 2.38 bits per heavy atom. The van der Waals surface area contributed by atoms with Gasteiger partial charge < -0.3 is 19.5 Å². The minimum absolute atomic E-state index is 0.239. The van der Waals surface area contributed by atoms with Gasteiger partial charge >= 0.3 is 5.97 Å². The second-order valence-corrected chi connectivity index (χ2v) is 7.51. The maximum atomic E-state index is 12.2. The highest BCUT2D eigenvalue weighted by Crippen LogP contribution is 2.27. The van der Waals surface area contributed by atoms with Crippen LogP contribution in [0.2, 0.25) is 0 Å². The van der Waals surface area contributed by atoms with Crippen molar-refractivity contribution in [2.75, 3.05) is 20.3 Å². The van der Waals surface area contributed by atoms with E-state index in [2.05, 4.69) is 15.8 Å². The lowest BCUT2D eigenvalue weighted by molar-refractivity contribution is -0.129. The van der Waals surface area contributed by atoms with Gasteiger partial charge in [0.2, 0.25) is 0 Å². The molecule has 37 heavy (non-hydrogen) atoms. The Bertz CT molecular complexity index is 1270. The lowest BCUT2D eigenvalue weighted by Crippen LogP contribution is -2.34. The van der Waals surface area contributed by atoms with E-state index >= 15 is 0 Å². The second-order valence-electron chi connectivity index (χ2n) is 7.51. The molecule has 0 radical (unpaired) electrons. The second kappa shape index (κ2) is 13.8. The van der Waals surface area contributed by atoms with Crippen molar-refractivity contribution in [2.24, 2.45) is 5.10 Å². The summed E-state index contributed by atoms with van der Waals surface area (Å²) in [7, 11) is 1.45. The molecule has 0 aliphatic carbocycles. The third-order valence-corrected chi connectivity index (χ3v) is 4.85. The summed E-state index contributed by atoms with van der Waals surface area (Å²) in [6.45, 7) is 2.15. The molecule has 3 rings (SSSR count). The minimum atomic E-state index is -0.553. The van der Waals surface area contributed by atoms with E-state index in [-0.39, 0.29) is 12.3 Å². The Hall–Kier alpha value is -4.92. The number of ether oxygens (including phenoxy) is 3. The summed E-state index contributed by atoms with van der Waals surface area (Å²) in [4.78, 5) is 36.4. The molecule has 9 heteroatoms. The quantitative estimate of drug-likeness (QED) is 0.136. The van der Waals surface area contributed by atoms with Gasteiger partial charge in [0.15, 0.2) is 11.5 Å². The number of esters is 1. The summed E-state index contributed by atoms with van der Waals surface area (Å²) in [5.74, 6) is -0.228. The Labute approximate surface area is 214 Å². The number of hydrogen-bond acceptors (Lipinski definition) is 7. The SMILES string of the molecule is CCOc1ccc(C(=O)NCC(=O)N/N=C\c2ccc(OC(=O)/C=C/c3ccccc3)c(OC)c2)cc1. The van der Waals surface area contributed by atoms with E-state index < -0.39 is 17.8 Å². The average Bonchev–Trinajstić information content (AvgIpc) is 2.92. The van der Waals surface area contributed by atoms with Crippen LogP contribution >= 0.6 is 0 Å². The number of methoxy groups -OCH3 is 1. The number of rotatable bonds is 11. The molecule has 0 heterocycles. The summed E-state index contributed by atoms with van der Waals surface area (Å²) in [6, 6.07) is 20.8. The highest BCUT2D eigenvalue weighted by molar-refractivity contribution is 5.96. The Balaban J connectivity index is 1.48. The van der Waals surface area contributed by atoms with Crippen LogP contribution in [0, 0.1) is 0 Å². The predicted molar refractivity (Wildman–Crippen MR) is 140 cm³/mol. The van der Waals surface area contributed by atoms with Gasteiger partial charge in [-0.2, -0.15) is 5.10 Å². The molecule has 0 unspecified atom stereocenters. The summed E-state index contributed by atoms with van der Waals surface area (Å²) in [6.07, 6.45) is 4.38. The van der Waals surface area contributed by atoms with Gasteiger partial charge in [0, 0.05) is 11.6 Å². The van der Waals surface area contributed by atoms with Crippen molar-refractivity contribution in [1.29, 1.82) is 0 Å². The van der Waals surface area contributed by atoms with E-state index in [1.54, 1.807) is 48.5 Å². The van der Waals surface area contributed by atoms with Crippen LogP contribution in [0.3, 0.4) is 0 Å². The lowest BCUT2D eigenvalue weighted by Gasteiger charge is -2.08. The highest BCUT2D eigenvalue weighted by atomic mass is 16.6. The smallest absolute Gasteiger partial charge is 0.336 e. The van der Waals surface area contributed by atoms with E-state index in [1.807, 2.05) is 37.3 Å². The topological polar surface area (TPSA) is 115 Å². The molecule has 0 saturated heterocycles. The molecule has 0 aromatic heterocycles. The van der Waals surface area contributed by atoms with Gasteiger partial charge in [0.25, 0.3) is 11.8 Å². The maximum absolute atomic E-state index is 12.2. The predicted octanol–water partition coefficient (Wildman–Crippen LogP) is 3.59. The fourth-order valence-electron chi connectivity index (χ4n) is 3.07. The Kier molecular flexibility index (Phi) is 9.98. The largest absolute Gasteiger partial charge is 0.494 e. The van der Waals surface area contributed by atoms with Crippen molar-refractivity contribution in [3.8, 4) is 17.2 Å². The molecule has 2 N–H and O–H groups in total. The van der Waals surface area contributed by atoms with Crippen LogP contribution in [0.4, 0.5) is 0 Å². The Morgan fingerprint density at radius 2 is 1.68 bits per heavy atom. The number of nitrogens with one attached hydrogen (secondary N) is 2. The summed E-state index contributed by atoms with van der Waals surface area (Å²) < 4.78 is 16.0. The van der Waals surface area contributed by atoms with Gasteiger partial charge in [0.05, 0.1) is 26.5 Å². The van der Waals surface area contributed by atoms with E-state index in [9.17, 15) is 14.4 Å². The zero-order chi connectivity index (χ0) is 26.5. The molecule has 3 aromatic rings. The normalized spacial score (nSPS) is 10.8. The number of benzene rings is 3. The molecule has 0 fully saturated rings. The first kappa shape index (κ1) is 26.7. The molecule has 0 aliphatic heterocycles. The molecule has 0 spiro atoms. The molecular formula is C28H27N3O6. The molecule has 0 bridgehead atoms. The van der Waals surface area contributed by atoms with Crippen LogP contribution in [0.1, 0.15) is 28.4 Å². The van der Waals surface area contributed by atoms with Crippen molar-refractivity contribution in [3.63, 3.8) is 0 Å². The lowest BCUT2D eigenvalue weighted by atomic mass is 10.2. The number of carbonyl (C=O) groups is 3. The molecule has 0 atom stereocenters. The number of hydrazone groups is 1. The van der Waals surface area contributed by atoms with Crippen molar-refractivity contribution in [1.82, 2.24) is 10.7 Å². The van der Waals surface area contributed by atoms with Crippen LogP contribution in [0.25, 0.3) is 6.08 Å². The van der Waals surface area contributed by atoms with Crippen molar-refractivity contribution in [3.05, 3.63) is 95.6 Å². The van der Waals surface area contributed by atoms with Crippen molar-refractivity contribution < 1.29 is 28.6 Å². The number of amides is 2. The molecule has 9 nitrogen and oxygen atoms in total.